The molecule has 84 valence electrons. The van der Waals surface area contributed by atoms with Gasteiger partial charge < -0.3 is 5.32 Å². The molecule has 1 unspecified atom stereocenters. The van der Waals surface area contributed by atoms with Crippen molar-refractivity contribution in [2.75, 3.05) is 6.54 Å². The molecule has 4 nitrogen and oxygen atoms in total. The van der Waals surface area contributed by atoms with Crippen molar-refractivity contribution in [2.24, 2.45) is 0 Å². The van der Waals surface area contributed by atoms with Crippen LogP contribution in [0.2, 0.25) is 0 Å². The van der Waals surface area contributed by atoms with E-state index in [9.17, 15) is 0 Å². The van der Waals surface area contributed by atoms with Crippen LogP contribution in [0.1, 0.15) is 25.1 Å². The first-order chi connectivity index (χ1) is 7.93. The Labute approximate surface area is 94.7 Å². The molecule has 0 spiro atoms. The van der Waals surface area contributed by atoms with E-state index in [1.165, 1.54) is 19.3 Å². The fourth-order valence-corrected chi connectivity index (χ4v) is 2.36. The third-order valence-corrected chi connectivity index (χ3v) is 3.22. The summed E-state index contributed by atoms with van der Waals surface area (Å²) in [5.74, 6) is 1.11. The summed E-state index contributed by atoms with van der Waals surface area (Å²) in [6.45, 7) is 1.15. The molecule has 2 aromatic heterocycles. The van der Waals surface area contributed by atoms with Gasteiger partial charge in [-0.25, -0.2) is 9.97 Å². The van der Waals surface area contributed by atoms with Gasteiger partial charge in [0.1, 0.15) is 5.82 Å². The van der Waals surface area contributed by atoms with Crippen molar-refractivity contribution >= 4 is 5.65 Å². The van der Waals surface area contributed by atoms with E-state index in [4.69, 9.17) is 0 Å². The summed E-state index contributed by atoms with van der Waals surface area (Å²) in [6, 6.07) is 2.53. The van der Waals surface area contributed by atoms with E-state index in [1.807, 2.05) is 18.5 Å². The van der Waals surface area contributed by atoms with Gasteiger partial charge in [-0.3, -0.25) is 4.40 Å². The number of nitrogens with one attached hydrogen (secondary N) is 1. The minimum atomic E-state index is 0.583. The Bertz CT molecular complexity index is 471. The van der Waals surface area contributed by atoms with Crippen molar-refractivity contribution < 1.29 is 0 Å². The molecule has 1 saturated heterocycles. The molecule has 0 aromatic carbocycles. The molecule has 1 N–H and O–H groups in total. The first-order valence-electron chi connectivity index (χ1n) is 5.94. The number of aromatic nitrogens is 3. The second-order valence-corrected chi connectivity index (χ2v) is 4.37. The molecule has 1 aliphatic heterocycles. The second-order valence-electron chi connectivity index (χ2n) is 4.37. The number of fused-ring (bicyclic) bond motifs is 1. The fourth-order valence-electron chi connectivity index (χ4n) is 2.36. The maximum Gasteiger partial charge on any atom is 0.156 e. The van der Waals surface area contributed by atoms with E-state index in [1.54, 1.807) is 6.20 Å². The summed E-state index contributed by atoms with van der Waals surface area (Å²) in [4.78, 5) is 8.72. The highest BCUT2D eigenvalue weighted by atomic mass is 15.1. The minimum Gasteiger partial charge on any atom is -0.314 e. The van der Waals surface area contributed by atoms with Gasteiger partial charge in [-0.15, -0.1) is 0 Å². The summed E-state index contributed by atoms with van der Waals surface area (Å²) in [7, 11) is 0. The molecule has 16 heavy (non-hydrogen) atoms. The van der Waals surface area contributed by atoms with Gasteiger partial charge in [-0.1, -0.05) is 6.42 Å². The highest BCUT2D eigenvalue weighted by Gasteiger charge is 2.15. The minimum absolute atomic E-state index is 0.583. The molecule has 1 aliphatic rings. The lowest BCUT2D eigenvalue weighted by molar-refractivity contribution is 0.394. The van der Waals surface area contributed by atoms with Gasteiger partial charge in [0.2, 0.25) is 0 Å². The SMILES string of the molecule is c1cnc2cnc(CC3CCCCN3)n2c1. The fraction of sp³-hybridized carbons (Fsp3) is 0.500. The van der Waals surface area contributed by atoms with E-state index < -0.39 is 0 Å². The zero-order chi connectivity index (χ0) is 10.8. The molecule has 1 fully saturated rings. The Morgan fingerprint density at radius 1 is 1.38 bits per heavy atom. The van der Waals surface area contributed by atoms with E-state index in [0.29, 0.717) is 6.04 Å². The molecular weight excluding hydrogens is 200 g/mol. The maximum atomic E-state index is 4.45. The first kappa shape index (κ1) is 9.78. The van der Waals surface area contributed by atoms with Crippen LogP contribution in [-0.4, -0.2) is 27.0 Å². The second kappa shape index (κ2) is 4.22. The Morgan fingerprint density at radius 2 is 2.38 bits per heavy atom. The van der Waals surface area contributed by atoms with Gasteiger partial charge in [0, 0.05) is 24.9 Å². The smallest absolute Gasteiger partial charge is 0.156 e. The van der Waals surface area contributed by atoms with Crippen molar-refractivity contribution in [3.05, 3.63) is 30.5 Å². The van der Waals surface area contributed by atoms with Crippen LogP contribution in [0.15, 0.2) is 24.7 Å². The van der Waals surface area contributed by atoms with Crippen LogP contribution in [-0.2, 0) is 6.42 Å². The summed E-state index contributed by atoms with van der Waals surface area (Å²) in [5.41, 5.74) is 0.938. The standard InChI is InChI=1S/C12H16N4/c1-2-5-13-10(4-1)8-11-15-9-12-14-6-3-7-16(11)12/h3,6-7,9-10,13H,1-2,4-5,8H2. The van der Waals surface area contributed by atoms with E-state index >= 15 is 0 Å². The third kappa shape index (κ3) is 1.80. The molecular formula is C12H16N4. The van der Waals surface area contributed by atoms with Crippen molar-refractivity contribution in [3.8, 4) is 0 Å². The highest BCUT2D eigenvalue weighted by molar-refractivity contribution is 5.36. The highest BCUT2D eigenvalue weighted by Crippen LogP contribution is 2.12. The molecule has 0 aliphatic carbocycles. The van der Waals surface area contributed by atoms with Crippen LogP contribution in [0.5, 0.6) is 0 Å². The number of nitrogens with zero attached hydrogens (tertiary/aromatic N) is 3. The summed E-state index contributed by atoms with van der Waals surface area (Å²) >= 11 is 0. The molecule has 2 aromatic rings. The van der Waals surface area contributed by atoms with Gasteiger partial charge >= 0.3 is 0 Å². The first-order valence-corrected chi connectivity index (χ1v) is 5.94. The largest absolute Gasteiger partial charge is 0.314 e. The number of rotatable bonds is 2. The zero-order valence-corrected chi connectivity index (χ0v) is 9.26. The summed E-state index contributed by atoms with van der Waals surface area (Å²) < 4.78 is 2.08. The van der Waals surface area contributed by atoms with Gasteiger partial charge in [0.15, 0.2) is 5.65 Å². The van der Waals surface area contributed by atoms with Crippen LogP contribution in [0.4, 0.5) is 0 Å². The topological polar surface area (TPSA) is 42.2 Å². The van der Waals surface area contributed by atoms with Crippen LogP contribution in [0, 0.1) is 0 Å². The van der Waals surface area contributed by atoms with Crippen LogP contribution in [0.3, 0.4) is 0 Å². The lowest BCUT2D eigenvalue weighted by Crippen LogP contribution is -2.36. The average Bonchev–Trinajstić information content (AvgIpc) is 2.74. The zero-order valence-electron chi connectivity index (χ0n) is 9.26. The van der Waals surface area contributed by atoms with Crippen LogP contribution >= 0.6 is 0 Å². The number of hydrogen-bond donors (Lipinski definition) is 1. The molecule has 0 bridgehead atoms. The Hall–Kier alpha value is -1.42. The monoisotopic (exact) mass is 216 g/mol. The lowest BCUT2D eigenvalue weighted by Gasteiger charge is -2.22. The Morgan fingerprint density at radius 3 is 3.25 bits per heavy atom. The average molecular weight is 216 g/mol. The Balaban J connectivity index is 1.83. The number of piperidine rings is 1. The molecule has 3 rings (SSSR count). The number of hydrogen-bond acceptors (Lipinski definition) is 3. The maximum absolute atomic E-state index is 4.45. The van der Waals surface area contributed by atoms with E-state index in [0.717, 1.165) is 24.4 Å². The molecule has 0 amide bonds. The van der Waals surface area contributed by atoms with Gasteiger partial charge in [-0.2, -0.15) is 0 Å². The normalized spacial score (nSPS) is 21.4. The molecule has 3 heterocycles. The van der Waals surface area contributed by atoms with E-state index in [2.05, 4.69) is 19.7 Å². The predicted molar refractivity (Wildman–Crippen MR) is 62.3 cm³/mol. The number of imidazole rings is 1. The van der Waals surface area contributed by atoms with Gasteiger partial charge in [-0.05, 0) is 25.5 Å². The van der Waals surface area contributed by atoms with Crippen LogP contribution < -0.4 is 5.32 Å². The molecule has 4 heteroatoms. The molecule has 0 saturated carbocycles. The lowest BCUT2D eigenvalue weighted by atomic mass is 10.0. The quantitative estimate of drug-likeness (QED) is 0.825. The van der Waals surface area contributed by atoms with Crippen molar-refractivity contribution in [1.82, 2.24) is 19.7 Å². The van der Waals surface area contributed by atoms with Crippen molar-refractivity contribution in [2.45, 2.75) is 31.7 Å². The predicted octanol–water partition coefficient (Wildman–Crippen LogP) is 1.41. The molecule has 0 radical (unpaired) electrons. The summed E-state index contributed by atoms with van der Waals surface area (Å²) in [5, 5.41) is 3.55. The van der Waals surface area contributed by atoms with Gasteiger partial charge in [0.05, 0.1) is 6.20 Å². The Kier molecular flexibility index (Phi) is 2.58. The van der Waals surface area contributed by atoms with Crippen molar-refractivity contribution in [1.29, 1.82) is 0 Å². The summed E-state index contributed by atoms with van der Waals surface area (Å²) in [6.07, 6.45) is 10.6. The van der Waals surface area contributed by atoms with Crippen LogP contribution in [0.25, 0.3) is 5.65 Å². The van der Waals surface area contributed by atoms with Gasteiger partial charge in [0.25, 0.3) is 0 Å². The van der Waals surface area contributed by atoms with Crippen molar-refractivity contribution in [3.63, 3.8) is 0 Å². The molecule has 1 atom stereocenters. The third-order valence-electron chi connectivity index (χ3n) is 3.22. The van der Waals surface area contributed by atoms with E-state index in [-0.39, 0.29) is 0 Å².